The van der Waals surface area contributed by atoms with Gasteiger partial charge in [-0.2, -0.15) is 0 Å². The van der Waals surface area contributed by atoms with Gasteiger partial charge in [-0.1, -0.05) is 94.9 Å². The van der Waals surface area contributed by atoms with Crippen molar-refractivity contribution in [3.63, 3.8) is 0 Å². The molecule has 2 aliphatic rings. The Morgan fingerprint density at radius 1 is 0.483 bits per heavy atom. The number of aromatic nitrogens is 2. The van der Waals surface area contributed by atoms with Crippen molar-refractivity contribution in [2.24, 2.45) is 0 Å². The molecule has 6 aromatic rings. The van der Waals surface area contributed by atoms with Crippen molar-refractivity contribution in [3.8, 4) is 22.5 Å². The van der Waals surface area contributed by atoms with Crippen molar-refractivity contribution in [2.45, 2.75) is 90.4 Å². The third-order valence-corrected chi connectivity index (χ3v) is 12.2. The molecule has 8 rings (SSSR count). The highest BCUT2D eigenvalue weighted by Crippen LogP contribution is 2.37. The van der Waals surface area contributed by atoms with Crippen LogP contribution >= 0.6 is 71.2 Å². The summed E-state index contributed by atoms with van der Waals surface area (Å²) in [7, 11) is 0. The molecular formula is C48H56Cl6N6. The normalized spacial score (nSPS) is 15.3. The van der Waals surface area contributed by atoms with Crippen molar-refractivity contribution < 1.29 is 0 Å². The molecule has 2 N–H and O–H groups in total. The van der Waals surface area contributed by atoms with Crippen LogP contribution in [0.5, 0.6) is 0 Å². The molecule has 2 fully saturated rings. The average Bonchev–Trinajstić information content (AvgIpc) is 3.19. The van der Waals surface area contributed by atoms with Crippen molar-refractivity contribution in [3.05, 3.63) is 117 Å². The molecule has 4 aromatic carbocycles. The highest BCUT2D eigenvalue weighted by atomic mass is 35.5. The van der Waals surface area contributed by atoms with Crippen molar-refractivity contribution in [2.75, 3.05) is 36.0 Å². The fraction of sp³-hybridized carbons (Fsp3) is 0.375. The molecule has 4 heterocycles. The Bertz CT molecular complexity index is 2210. The monoisotopic (exact) mass is 926 g/mol. The van der Waals surface area contributed by atoms with Crippen LogP contribution in [0.15, 0.2) is 97.1 Å². The molecule has 0 bridgehead atoms. The number of pyridine rings is 2. The Morgan fingerprint density at radius 3 is 1.17 bits per heavy atom. The number of benzene rings is 4. The number of anilines is 2. The Hall–Kier alpha value is -3.04. The Morgan fingerprint density at radius 2 is 0.833 bits per heavy atom. The quantitative estimate of drug-likeness (QED) is 0.174. The van der Waals surface area contributed by atoms with E-state index in [4.69, 9.17) is 56.4 Å². The molecule has 0 amide bonds. The maximum Gasteiger partial charge on any atom is 0.0730 e. The van der Waals surface area contributed by atoms with Crippen LogP contribution in [0.1, 0.15) is 67.2 Å². The minimum Gasteiger partial charge on any atom is -0.371 e. The lowest BCUT2D eigenvalue weighted by Gasteiger charge is -2.37. The summed E-state index contributed by atoms with van der Waals surface area (Å²) in [6.45, 7) is 17.5. The smallest absolute Gasteiger partial charge is 0.0730 e. The maximum atomic E-state index is 6.26. The van der Waals surface area contributed by atoms with Crippen LogP contribution in [-0.2, 0) is 0 Å². The summed E-state index contributed by atoms with van der Waals surface area (Å²) in [5.74, 6) is 0. The zero-order valence-electron chi connectivity index (χ0n) is 35.2. The zero-order chi connectivity index (χ0) is 41.2. The second-order valence-electron chi connectivity index (χ2n) is 17.7. The lowest BCUT2D eigenvalue weighted by Crippen LogP contribution is -2.49. The molecule has 0 unspecified atom stereocenters. The van der Waals surface area contributed by atoms with Crippen LogP contribution in [0.25, 0.3) is 44.3 Å². The third kappa shape index (κ3) is 12.1. The third-order valence-electron chi connectivity index (χ3n) is 10.8. The van der Waals surface area contributed by atoms with E-state index in [1.807, 2.05) is 48.5 Å². The number of para-hydroxylation sites is 2. The topological polar surface area (TPSA) is 56.3 Å². The van der Waals surface area contributed by atoms with Gasteiger partial charge in [0.15, 0.2) is 0 Å². The van der Waals surface area contributed by atoms with Gasteiger partial charge in [-0.3, -0.25) is 0 Å². The van der Waals surface area contributed by atoms with E-state index in [2.05, 4.69) is 111 Å². The first-order valence-electron chi connectivity index (χ1n) is 20.4. The zero-order valence-corrected chi connectivity index (χ0v) is 39.8. The van der Waals surface area contributed by atoms with E-state index in [1.165, 1.54) is 22.1 Å². The molecule has 0 radical (unpaired) electrons. The molecular weight excluding hydrogens is 873 g/mol. The second-order valence-corrected chi connectivity index (χ2v) is 19.3. The van der Waals surface area contributed by atoms with Gasteiger partial charge in [-0.05, 0) is 116 Å². The first-order valence-corrected chi connectivity index (χ1v) is 21.9. The highest BCUT2D eigenvalue weighted by Gasteiger charge is 2.26. The van der Waals surface area contributed by atoms with E-state index in [9.17, 15) is 0 Å². The highest BCUT2D eigenvalue weighted by molar-refractivity contribution is 6.42. The summed E-state index contributed by atoms with van der Waals surface area (Å²) < 4.78 is 0. The number of nitrogens with zero attached hydrogens (tertiary/aromatic N) is 4. The van der Waals surface area contributed by atoms with Gasteiger partial charge in [-0.15, -0.1) is 24.8 Å². The molecule has 320 valence electrons. The van der Waals surface area contributed by atoms with Gasteiger partial charge in [0.1, 0.15) is 0 Å². The molecule has 0 saturated carbocycles. The Balaban J connectivity index is 0.000000220. The van der Waals surface area contributed by atoms with E-state index in [0.29, 0.717) is 32.2 Å². The fourth-order valence-corrected chi connectivity index (χ4v) is 8.79. The number of hydrogen-bond acceptors (Lipinski definition) is 6. The van der Waals surface area contributed by atoms with Gasteiger partial charge in [0.25, 0.3) is 0 Å². The van der Waals surface area contributed by atoms with Crippen LogP contribution in [0.2, 0.25) is 20.1 Å². The number of halogens is 6. The summed E-state index contributed by atoms with van der Waals surface area (Å²) in [6, 6.07) is 33.7. The van der Waals surface area contributed by atoms with Crippen LogP contribution in [0.3, 0.4) is 0 Å². The van der Waals surface area contributed by atoms with E-state index < -0.39 is 0 Å². The summed E-state index contributed by atoms with van der Waals surface area (Å²) in [5.41, 5.74) is 8.60. The lowest BCUT2D eigenvalue weighted by atomic mass is 9.98. The number of fused-ring (bicyclic) bond motifs is 2. The van der Waals surface area contributed by atoms with Gasteiger partial charge in [0, 0.05) is 82.6 Å². The predicted octanol–water partition coefficient (Wildman–Crippen LogP) is 14.0. The fourth-order valence-electron chi connectivity index (χ4n) is 8.20. The summed E-state index contributed by atoms with van der Waals surface area (Å²) >= 11 is 24.7. The van der Waals surface area contributed by atoms with Gasteiger partial charge < -0.3 is 20.4 Å². The van der Waals surface area contributed by atoms with Gasteiger partial charge in [0.05, 0.1) is 42.5 Å². The van der Waals surface area contributed by atoms with Gasteiger partial charge in [0.2, 0.25) is 0 Å². The van der Waals surface area contributed by atoms with Crippen LogP contribution in [-0.4, -0.2) is 59.3 Å². The standard InChI is InChI=1S/2C24H27Cl2N3.2ClH/c2*1-24(2,3)28-17-10-12-29(13-11-17)23-15-22(16-8-9-19(25)20(26)14-16)27-21-7-5-4-6-18(21)23;;/h2*4-9,14-15,17,28H,10-13H2,1-3H3;2*1H. The summed E-state index contributed by atoms with van der Waals surface area (Å²) in [5, 5.41) is 12.1. The molecule has 0 atom stereocenters. The maximum absolute atomic E-state index is 6.26. The predicted molar refractivity (Wildman–Crippen MR) is 265 cm³/mol. The second kappa shape index (κ2) is 20.4. The van der Waals surface area contributed by atoms with Crippen LogP contribution in [0.4, 0.5) is 11.4 Å². The van der Waals surface area contributed by atoms with E-state index in [0.717, 1.165) is 85.4 Å². The molecule has 12 heteroatoms. The number of nitrogens with one attached hydrogen (secondary N) is 2. The minimum atomic E-state index is 0. The lowest BCUT2D eigenvalue weighted by molar-refractivity contribution is 0.317. The van der Waals surface area contributed by atoms with Crippen LogP contribution in [0, 0.1) is 0 Å². The number of piperidine rings is 2. The Kier molecular flexibility index (Phi) is 16.3. The van der Waals surface area contributed by atoms with Crippen molar-refractivity contribution in [1.29, 1.82) is 0 Å². The molecule has 2 aromatic heterocycles. The summed E-state index contributed by atoms with van der Waals surface area (Å²) in [4.78, 5) is 14.8. The molecule has 6 nitrogen and oxygen atoms in total. The van der Waals surface area contributed by atoms with Crippen LogP contribution < -0.4 is 20.4 Å². The first-order chi connectivity index (χ1) is 27.6. The van der Waals surface area contributed by atoms with Gasteiger partial charge >= 0.3 is 0 Å². The molecule has 2 saturated heterocycles. The minimum absolute atomic E-state index is 0. The SMILES string of the molecule is CC(C)(C)NC1CCN(c2cc(-c3ccc(Cl)c(Cl)c3)nc3ccccc23)CC1.CC(C)(C)NC1CCN(c2cc(-c3ccc(Cl)c(Cl)c3)nc3ccccc23)CC1.Cl.Cl. The van der Waals surface area contributed by atoms with E-state index in [1.54, 1.807) is 0 Å². The number of rotatable bonds is 6. The molecule has 0 spiro atoms. The molecule has 0 aliphatic carbocycles. The summed E-state index contributed by atoms with van der Waals surface area (Å²) in [6.07, 6.45) is 4.54. The largest absolute Gasteiger partial charge is 0.371 e. The van der Waals surface area contributed by atoms with Crippen molar-refractivity contribution in [1.82, 2.24) is 20.6 Å². The average molecular weight is 930 g/mol. The Labute approximate surface area is 388 Å². The van der Waals surface area contributed by atoms with E-state index in [-0.39, 0.29) is 35.9 Å². The first kappa shape index (κ1) is 48.0. The molecule has 60 heavy (non-hydrogen) atoms. The molecule has 2 aliphatic heterocycles. The van der Waals surface area contributed by atoms with E-state index >= 15 is 0 Å². The number of hydrogen-bond donors (Lipinski definition) is 2. The van der Waals surface area contributed by atoms with Gasteiger partial charge in [-0.25, -0.2) is 9.97 Å². The van der Waals surface area contributed by atoms with Crippen molar-refractivity contribution >= 4 is 104 Å².